The molecule has 0 saturated heterocycles. The summed E-state index contributed by atoms with van der Waals surface area (Å²) in [5, 5.41) is 3.72. The van der Waals surface area contributed by atoms with Gasteiger partial charge in [-0.15, -0.1) is 0 Å². The quantitative estimate of drug-likeness (QED) is 0.534. The van der Waals surface area contributed by atoms with E-state index in [9.17, 15) is 4.79 Å². The van der Waals surface area contributed by atoms with Crippen molar-refractivity contribution < 1.29 is 9.53 Å². The van der Waals surface area contributed by atoms with Gasteiger partial charge < -0.3 is 10.1 Å². The summed E-state index contributed by atoms with van der Waals surface area (Å²) in [7, 11) is 0. The van der Waals surface area contributed by atoms with Gasteiger partial charge in [-0.25, -0.2) is 4.98 Å². The van der Waals surface area contributed by atoms with Gasteiger partial charge in [0.1, 0.15) is 6.61 Å². The molecule has 0 aliphatic carbocycles. The fraction of sp³-hybridized carbons (Fsp3) is 0.125. The summed E-state index contributed by atoms with van der Waals surface area (Å²) in [4.78, 5) is 21.7. The van der Waals surface area contributed by atoms with Gasteiger partial charge in [-0.3, -0.25) is 9.78 Å². The molecule has 0 spiro atoms. The van der Waals surface area contributed by atoms with E-state index in [-0.39, 0.29) is 5.91 Å². The first-order valence-corrected chi connectivity index (χ1v) is 9.45. The van der Waals surface area contributed by atoms with Crippen molar-refractivity contribution >= 4 is 16.8 Å². The van der Waals surface area contributed by atoms with Crippen LogP contribution in [-0.2, 0) is 13.2 Å². The molecule has 1 amide bonds. The molecular weight excluding hydrogens is 362 g/mol. The number of ether oxygens (including phenoxy) is 1. The van der Waals surface area contributed by atoms with Crippen molar-refractivity contribution in [2.75, 3.05) is 0 Å². The van der Waals surface area contributed by atoms with Crippen LogP contribution < -0.4 is 10.1 Å². The van der Waals surface area contributed by atoms with Crippen LogP contribution in [0.4, 0.5) is 0 Å². The van der Waals surface area contributed by atoms with Crippen LogP contribution in [0.5, 0.6) is 5.88 Å². The minimum atomic E-state index is -0.186. The molecular formula is C24H21N3O2. The van der Waals surface area contributed by atoms with Crippen molar-refractivity contribution in [1.29, 1.82) is 0 Å². The van der Waals surface area contributed by atoms with E-state index in [4.69, 9.17) is 4.74 Å². The van der Waals surface area contributed by atoms with Crippen LogP contribution in [0.3, 0.4) is 0 Å². The number of carbonyl (C=O) groups excluding carboxylic acids is 1. The highest BCUT2D eigenvalue weighted by Crippen LogP contribution is 2.23. The Morgan fingerprint density at radius 3 is 2.59 bits per heavy atom. The Kier molecular flexibility index (Phi) is 5.47. The van der Waals surface area contributed by atoms with Crippen molar-refractivity contribution in [3.8, 4) is 5.88 Å². The molecule has 0 aliphatic heterocycles. The first-order valence-electron chi connectivity index (χ1n) is 9.45. The highest BCUT2D eigenvalue weighted by Gasteiger charge is 2.14. The lowest BCUT2D eigenvalue weighted by Crippen LogP contribution is -2.23. The normalized spacial score (nSPS) is 10.7. The second kappa shape index (κ2) is 8.52. The van der Waals surface area contributed by atoms with Crippen molar-refractivity contribution in [2.24, 2.45) is 0 Å². The molecule has 5 nitrogen and oxygen atoms in total. The minimum absolute atomic E-state index is 0.186. The van der Waals surface area contributed by atoms with Gasteiger partial charge in [0.15, 0.2) is 0 Å². The molecule has 144 valence electrons. The summed E-state index contributed by atoms with van der Waals surface area (Å²) in [6, 6.07) is 23.0. The number of aryl methyl sites for hydroxylation is 1. The van der Waals surface area contributed by atoms with E-state index in [1.165, 1.54) is 5.56 Å². The highest BCUT2D eigenvalue weighted by atomic mass is 16.5. The lowest BCUT2D eigenvalue weighted by molar-refractivity contribution is 0.0951. The number of amides is 1. The topological polar surface area (TPSA) is 64.1 Å². The maximum atomic E-state index is 12.9. The van der Waals surface area contributed by atoms with Gasteiger partial charge in [0, 0.05) is 17.6 Å². The fourth-order valence-corrected chi connectivity index (χ4v) is 3.02. The van der Waals surface area contributed by atoms with Gasteiger partial charge in [-0.1, -0.05) is 54.1 Å². The summed E-state index contributed by atoms with van der Waals surface area (Å²) in [5.41, 5.74) is 4.30. The van der Waals surface area contributed by atoms with Crippen LogP contribution >= 0.6 is 0 Å². The average molecular weight is 383 g/mol. The van der Waals surface area contributed by atoms with E-state index in [2.05, 4.69) is 15.3 Å². The van der Waals surface area contributed by atoms with Crippen LogP contribution in [-0.4, -0.2) is 15.9 Å². The Hall–Kier alpha value is -3.73. The third kappa shape index (κ3) is 4.58. The Balaban J connectivity index is 1.56. The van der Waals surface area contributed by atoms with Crippen molar-refractivity contribution in [1.82, 2.24) is 15.3 Å². The highest BCUT2D eigenvalue weighted by molar-refractivity contribution is 6.06. The zero-order chi connectivity index (χ0) is 20.1. The molecule has 0 radical (unpaired) electrons. The number of nitrogens with zero attached hydrogens (tertiary/aromatic N) is 2. The maximum Gasteiger partial charge on any atom is 0.252 e. The SMILES string of the molecule is Cc1ccc(COc2cc(C(=O)NCc3ccccn3)c3ccccc3n2)cc1. The van der Waals surface area contributed by atoms with Crippen LogP contribution in [0.15, 0.2) is 79.0 Å². The molecule has 2 aromatic heterocycles. The third-order valence-electron chi connectivity index (χ3n) is 4.60. The van der Waals surface area contributed by atoms with E-state index >= 15 is 0 Å². The molecule has 1 N–H and O–H groups in total. The Bertz CT molecular complexity index is 1130. The van der Waals surface area contributed by atoms with E-state index in [1.54, 1.807) is 12.3 Å². The largest absolute Gasteiger partial charge is 0.473 e. The summed E-state index contributed by atoms with van der Waals surface area (Å²) in [6.07, 6.45) is 1.71. The van der Waals surface area contributed by atoms with E-state index in [1.807, 2.05) is 73.7 Å². The van der Waals surface area contributed by atoms with Gasteiger partial charge in [0.2, 0.25) is 5.88 Å². The molecule has 5 heteroatoms. The number of aromatic nitrogens is 2. The lowest BCUT2D eigenvalue weighted by atomic mass is 10.1. The minimum Gasteiger partial charge on any atom is -0.473 e. The molecule has 0 bridgehead atoms. The number of para-hydroxylation sites is 1. The summed E-state index contributed by atoms with van der Waals surface area (Å²) in [6.45, 7) is 2.79. The van der Waals surface area contributed by atoms with E-state index in [0.29, 0.717) is 24.6 Å². The molecule has 0 unspecified atom stereocenters. The number of fused-ring (bicyclic) bond motifs is 1. The van der Waals surface area contributed by atoms with Gasteiger partial charge in [-0.2, -0.15) is 0 Å². The predicted molar refractivity (Wildman–Crippen MR) is 113 cm³/mol. The molecule has 0 fully saturated rings. The molecule has 0 saturated carbocycles. The lowest BCUT2D eigenvalue weighted by Gasteiger charge is -2.11. The third-order valence-corrected chi connectivity index (χ3v) is 4.60. The summed E-state index contributed by atoms with van der Waals surface area (Å²) in [5.74, 6) is 0.238. The Morgan fingerprint density at radius 2 is 1.79 bits per heavy atom. The number of nitrogens with one attached hydrogen (secondary N) is 1. The van der Waals surface area contributed by atoms with E-state index < -0.39 is 0 Å². The monoisotopic (exact) mass is 383 g/mol. The second-order valence-corrected chi connectivity index (χ2v) is 6.80. The molecule has 4 rings (SSSR count). The molecule has 29 heavy (non-hydrogen) atoms. The summed E-state index contributed by atoms with van der Waals surface area (Å²) >= 11 is 0. The smallest absolute Gasteiger partial charge is 0.252 e. The zero-order valence-electron chi connectivity index (χ0n) is 16.1. The van der Waals surface area contributed by atoms with Crippen molar-refractivity contribution in [3.63, 3.8) is 0 Å². The predicted octanol–water partition coefficient (Wildman–Crippen LogP) is 4.45. The van der Waals surface area contributed by atoms with Crippen molar-refractivity contribution in [3.05, 3.63) is 101 Å². The maximum absolute atomic E-state index is 12.9. The number of hydrogen-bond donors (Lipinski definition) is 1. The number of benzene rings is 2. The standard InChI is InChI=1S/C24H21N3O2/c1-17-9-11-18(12-10-17)16-29-23-14-21(20-7-2-3-8-22(20)27-23)24(28)26-15-19-6-4-5-13-25-19/h2-14H,15-16H2,1H3,(H,26,28). The average Bonchev–Trinajstić information content (AvgIpc) is 2.77. The van der Waals surface area contributed by atoms with Gasteiger partial charge in [0.05, 0.1) is 23.3 Å². The van der Waals surface area contributed by atoms with Crippen LogP contribution in [0.1, 0.15) is 27.2 Å². The zero-order valence-corrected chi connectivity index (χ0v) is 16.1. The fourth-order valence-electron chi connectivity index (χ4n) is 3.02. The Morgan fingerprint density at radius 1 is 1.00 bits per heavy atom. The first-order chi connectivity index (χ1) is 14.2. The van der Waals surface area contributed by atoms with Crippen LogP contribution in [0.25, 0.3) is 10.9 Å². The molecule has 0 aliphatic rings. The van der Waals surface area contributed by atoms with Gasteiger partial charge in [0.25, 0.3) is 5.91 Å². The number of pyridine rings is 2. The second-order valence-electron chi connectivity index (χ2n) is 6.80. The van der Waals surface area contributed by atoms with Crippen LogP contribution in [0, 0.1) is 6.92 Å². The number of rotatable bonds is 6. The van der Waals surface area contributed by atoms with Crippen LogP contribution in [0.2, 0.25) is 0 Å². The number of hydrogen-bond acceptors (Lipinski definition) is 4. The van der Waals surface area contributed by atoms with E-state index in [0.717, 1.165) is 22.2 Å². The number of carbonyl (C=O) groups is 1. The molecule has 2 heterocycles. The van der Waals surface area contributed by atoms with Gasteiger partial charge in [-0.05, 0) is 30.7 Å². The van der Waals surface area contributed by atoms with Gasteiger partial charge >= 0.3 is 0 Å². The Labute approximate surface area is 169 Å². The molecule has 4 aromatic rings. The first kappa shape index (κ1) is 18.6. The molecule has 2 aromatic carbocycles. The van der Waals surface area contributed by atoms with Crippen molar-refractivity contribution in [2.45, 2.75) is 20.1 Å². The molecule has 0 atom stereocenters. The summed E-state index contributed by atoms with van der Waals surface area (Å²) < 4.78 is 5.89.